The van der Waals surface area contributed by atoms with Crippen molar-refractivity contribution < 1.29 is 9.53 Å². The molecule has 1 aliphatic heterocycles. The maximum atomic E-state index is 12.1. The maximum Gasteiger partial charge on any atom is 0.269 e. The van der Waals surface area contributed by atoms with E-state index in [2.05, 4.69) is 22.5 Å². The molecule has 110 valence electrons. The molecule has 1 aromatic rings. The van der Waals surface area contributed by atoms with E-state index in [1.807, 2.05) is 12.1 Å². The second-order valence-corrected chi connectivity index (χ2v) is 5.10. The molecule has 0 spiro atoms. The van der Waals surface area contributed by atoms with Crippen LogP contribution in [0.2, 0.25) is 0 Å². The number of carbonyl (C=O) groups is 1. The lowest BCUT2D eigenvalue weighted by Gasteiger charge is -2.22. The highest BCUT2D eigenvalue weighted by Gasteiger charge is 2.15. The molecule has 20 heavy (non-hydrogen) atoms. The van der Waals surface area contributed by atoms with Crippen LogP contribution in [0.15, 0.2) is 18.2 Å². The number of ether oxygens (including phenoxy) is 1. The van der Waals surface area contributed by atoms with Crippen molar-refractivity contribution >= 4 is 11.7 Å². The van der Waals surface area contributed by atoms with E-state index in [0.717, 1.165) is 44.8 Å². The number of nitrogens with zero attached hydrogens (tertiary/aromatic N) is 1. The standard InChI is InChI=1S/C15H23N3O2/c1-2-8-16-14-5-3-4-13(18-14)15(19)17-11-12-6-9-20-10-7-12/h3-5,12H,2,6-11H2,1H3,(H,16,18)(H,17,19). The summed E-state index contributed by atoms with van der Waals surface area (Å²) in [6, 6.07) is 5.48. The topological polar surface area (TPSA) is 63.2 Å². The van der Waals surface area contributed by atoms with Gasteiger partial charge in [0, 0.05) is 26.3 Å². The minimum atomic E-state index is -0.100. The Labute approximate surface area is 120 Å². The zero-order chi connectivity index (χ0) is 14.2. The van der Waals surface area contributed by atoms with Gasteiger partial charge in [0.15, 0.2) is 0 Å². The predicted octanol–water partition coefficient (Wildman–Crippen LogP) is 2.06. The summed E-state index contributed by atoms with van der Waals surface area (Å²) >= 11 is 0. The Morgan fingerprint density at radius 2 is 2.20 bits per heavy atom. The number of carbonyl (C=O) groups excluding carboxylic acids is 1. The van der Waals surface area contributed by atoms with Gasteiger partial charge in [0.2, 0.25) is 0 Å². The summed E-state index contributed by atoms with van der Waals surface area (Å²) in [6.45, 7) is 5.26. The van der Waals surface area contributed by atoms with Crippen LogP contribution >= 0.6 is 0 Å². The van der Waals surface area contributed by atoms with Crippen molar-refractivity contribution in [1.82, 2.24) is 10.3 Å². The minimum absolute atomic E-state index is 0.100. The largest absolute Gasteiger partial charge is 0.381 e. The molecule has 2 rings (SSSR count). The Morgan fingerprint density at radius 1 is 1.40 bits per heavy atom. The number of pyridine rings is 1. The molecule has 0 radical (unpaired) electrons. The Kier molecular flexibility index (Phi) is 5.80. The van der Waals surface area contributed by atoms with E-state index in [0.29, 0.717) is 18.2 Å². The van der Waals surface area contributed by atoms with E-state index >= 15 is 0 Å². The molecule has 2 N–H and O–H groups in total. The Morgan fingerprint density at radius 3 is 2.95 bits per heavy atom. The SMILES string of the molecule is CCCNc1cccc(C(=O)NCC2CCOCC2)n1. The molecule has 0 bridgehead atoms. The van der Waals surface area contributed by atoms with Crippen LogP contribution in [-0.2, 0) is 4.74 Å². The highest BCUT2D eigenvalue weighted by atomic mass is 16.5. The zero-order valence-corrected chi connectivity index (χ0v) is 12.0. The van der Waals surface area contributed by atoms with Gasteiger partial charge in [-0.2, -0.15) is 0 Å². The average molecular weight is 277 g/mol. The fourth-order valence-corrected chi connectivity index (χ4v) is 2.19. The number of amides is 1. The maximum absolute atomic E-state index is 12.1. The smallest absolute Gasteiger partial charge is 0.269 e. The van der Waals surface area contributed by atoms with E-state index < -0.39 is 0 Å². The molecule has 5 nitrogen and oxygen atoms in total. The third kappa shape index (κ3) is 4.49. The van der Waals surface area contributed by atoms with Gasteiger partial charge in [-0.15, -0.1) is 0 Å². The lowest BCUT2D eigenvalue weighted by atomic mass is 10.0. The van der Waals surface area contributed by atoms with Gasteiger partial charge in [-0.3, -0.25) is 4.79 Å². The van der Waals surface area contributed by atoms with Crippen LogP contribution in [-0.4, -0.2) is 37.2 Å². The number of anilines is 1. The normalized spacial score (nSPS) is 15.8. The number of rotatable bonds is 6. The summed E-state index contributed by atoms with van der Waals surface area (Å²) in [5.41, 5.74) is 0.471. The average Bonchev–Trinajstić information content (AvgIpc) is 2.52. The fraction of sp³-hybridized carbons (Fsp3) is 0.600. The highest BCUT2D eigenvalue weighted by Crippen LogP contribution is 2.13. The molecular weight excluding hydrogens is 254 g/mol. The van der Waals surface area contributed by atoms with Gasteiger partial charge in [-0.1, -0.05) is 13.0 Å². The van der Waals surface area contributed by atoms with E-state index in [1.54, 1.807) is 6.07 Å². The van der Waals surface area contributed by atoms with E-state index in [4.69, 9.17) is 4.74 Å². The van der Waals surface area contributed by atoms with E-state index in [-0.39, 0.29) is 5.91 Å². The zero-order valence-electron chi connectivity index (χ0n) is 12.0. The third-order valence-corrected chi connectivity index (χ3v) is 3.43. The van der Waals surface area contributed by atoms with Crippen molar-refractivity contribution in [2.24, 2.45) is 5.92 Å². The van der Waals surface area contributed by atoms with Gasteiger partial charge >= 0.3 is 0 Å². The first-order valence-corrected chi connectivity index (χ1v) is 7.36. The van der Waals surface area contributed by atoms with Crippen LogP contribution in [0.4, 0.5) is 5.82 Å². The summed E-state index contributed by atoms with van der Waals surface area (Å²) in [4.78, 5) is 16.4. The fourth-order valence-electron chi connectivity index (χ4n) is 2.19. The molecule has 1 aromatic heterocycles. The molecule has 1 amide bonds. The first-order chi connectivity index (χ1) is 9.79. The van der Waals surface area contributed by atoms with Crippen molar-refractivity contribution in [3.8, 4) is 0 Å². The van der Waals surface area contributed by atoms with Gasteiger partial charge in [0.25, 0.3) is 5.91 Å². The highest BCUT2D eigenvalue weighted by molar-refractivity contribution is 5.92. The van der Waals surface area contributed by atoms with Crippen LogP contribution < -0.4 is 10.6 Å². The Hall–Kier alpha value is -1.62. The van der Waals surface area contributed by atoms with Crippen molar-refractivity contribution in [2.75, 3.05) is 31.6 Å². The van der Waals surface area contributed by atoms with Crippen LogP contribution in [0.1, 0.15) is 36.7 Å². The molecule has 0 unspecified atom stereocenters. The molecule has 1 saturated heterocycles. The first kappa shape index (κ1) is 14.8. The van der Waals surface area contributed by atoms with Gasteiger partial charge < -0.3 is 15.4 Å². The van der Waals surface area contributed by atoms with Crippen LogP contribution in [0.5, 0.6) is 0 Å². The van der Waals surface area contributed by atoms with Crippen molar-refractivity contribution in [3.05, 3.63) is 23.9 Å². The molecule has 0 saturated carbocycles. The van der Waals surface area contributed by atoms with Gasteiger partial charge in [0.1, 0.15) is 11.5 Å². The van der Waals surface area contributed by atoms with Crippen LogP contribution in [0, 0.1) is 5.92 Å². The molecule has 0 aromatic carbocycles. The molecule has 1 fully saturated rings. The van der Waals surface area contributed by atoms with E-state index in [9.17, 15) is 4.79 Å². The number of aromatic nitrogens is 1. The first-order valence-electron chi connectivity index (χ1n) is 7.36. The molecule has 5 heteroatoms. The minimum Gasteiger partial charge on any atom is -0.381 e. The summed E-state index contributed by atoms with van der Waals surface area (Å²) < 4.78 is 5.31. The molecule has 2 heterocycles. The van der Waals surface area contributed by atoms with Gasteiger partial charge in [-0.25, -0.2) is 4.98 Å². The quantitative estimate of drug-likeness (QED) is 0.835. The molecule has 1 aliphatic rings. The third-order valence-electron chi connectivity index (χ3n) is 3.43. The second-order valence-electron chi connectivity index (χ2n) is 5.10. The lowest BCUT2D eigenvalue weighted by molar-refractivity contribution is 0.0642. The van der Waals surface area contributed by atoms with Gasteiger partial charge in [-0.05, 0) is 37.3 Å². The van der Waals surface area contributed by atoms with Crippen molar-refractivity contribution in [2.45, 2.75) is 26.2 Å². The van der Waals surface area contributed by atoms with Crippen molar-refractivity contribution in [1.29, 1.82) is 0 Å². The molecule has 0 atom stereocenters. The predicted molar refractivity (Wildman–Crippen MR) is 78.9 cm³/mol. The number of nitrogens with one attached hydrogen (secondary N) is 2. The van der Waals surface area contributed by atoms with Crippen LogP contribution in [0.25, 0.3) is 0 Å². The second kappa shape index (κ2) is 7.85. The summed E-state index contributed by atoms with van der Waals surface area (Å²) in [5, 5.41) is 6.15. The Balaban J connectivity index is 1.84. The Bertz CT molecular complexity index is 431. The summed E-state index contributed by atoms with van der Waals surface area (Å²) in [5.74, 6) is 1.18. The van der Waals surface area contributed by atoms with E-state index in [1.165, 1.54) is 0 Å². The molecular formula is C15H23N3O2. The summed E-state index contributed by atoms with van der Waals surface area (Å²) in [6.07, 6.45) is 3.07. The lowest BCUT2D eigenvalue weighted by Crippen LogP contribution is -2.32. The number of hydrogen-bond acceptors (Lipinski definition) is 4. The monoisotopic (exact) mass is 277 g/mol. The molecule has 0 aliphatic carbocycles. The summed E-state index contributed by atoms with van der Waals surface area (Å²) in [7, 11) is 0. The van der Waals surface area contributed by atoms with Crippen LogP contribution in [0.3, 0.4) is 0 Å². The number of hydrogen-bond donors (Lipinski definition) is 2. The van der Waals surface area contributed by atoms with Gasteiger partial charge in [0.05, 0.1) is 0 Å². The van der Waals surface area contributed by atoms with Crippen molar-refractivity contribution in [3.63, 3.8) is 0 Å².